The molecule has 0 aliphatic carbocycles. The summed E-state index contributed by atoms with van der Waals surface area (Å²) in [5.41, 5.74) is 19.5. The molecule has 9 aromatic rings. The Bertz CT molecular complexity index is 2870. The molecule has 9 aromatic carbocycles. The molecule has 0 N–H and O–H groups in total. The van der Waals surface area contributed by atoms with E-state index in [1.165, 1.54) is 33.4 Å². The van der Waals surface area contributed by atoms with Gasteiger partial charge in [-0.05, 0) is 107 Å². The predicted molar refractivity (Wildman–Crippen MR) is 249 cm³/mol. The van der Waals surface area contributed by atoms with Crippen LogP contribution in [0.2, 0.25) is 0 Å². The van der Waals surface area contributed by atoms with Gasteiger partial charge >= 0.3 is 6.85 Å². The van der Waals surface area contributed by atoms with Crippen LogP contribution in [0.5, 0.6) is 11.5 Å². The minimum atomic E-state index is -0.0563. The van der Waals surface area contributed by atoms with Gasteiger partial charge in [-0.3, -0.25) is 0 Å². The van der Waals surface area contributed by atoms with Crippen molar-refractivity contribution in [2.75, 3.05) is 19.5 Å². The van der Waals surface area contributed by atoms with Crippen molar-refractivity contribution in [1.29, 1.82) is 0 Å². The van der Waals surface area contributed by atoms with Crippen LogP contribution in [0.15, 0.2) is 212 Å². The van der Waals surface area contributed by atoms with E-state index in [-0.39, 0.29) is 6.85 Å². The lowest BCUT2D eigenvalue weighted by atomic mass is 9.41. The Kier molecular flexibility index (Phi) is 7.04. The molecule has 4 aliphatic heterocycles. The lowest BCUT2D eigenvalue weighted by Crippen LogP contribution is -2.64. The van der Waals surface area contributed by atoms with E-state index in [4.69, 9.17) is 4.74 Å². The van der Waals surface area contributed by atoms with Crippen LogP contribution in [0.1, 0.15) is 0 Å². The number of ether oxygens (including phenoxy) is 1. The molecule has 0 saturated carbocycles. The quantitative estimate of drug-likeness (QED) is 0.150. The van der Waals surface area contributed by atoms with Gasteiger partial charge in [-0.2, -0.15) is 0 Å². The van der Waals surface area contributed by atoms with Crippen molar-refractivity contribution in [3.8, 4) is 33.8 Å². The molecule has 0 unspecified atom stereocenters. The Morgan fingerprint density at radius 1 is 0.350 bits per heavy atom. The second-order valence-corrected chi connectivity index (χ2v) is 15.7. The van der Waals surface area contributed by atoms with Gasteiger partial charge in [-0.25, -0.2) is 0 Å². The van der Waals surface area contributed by atoms with E-state index in [9.17, 15) is 0 Å². The molecule has 0 bridgehead atoms. The van der Waals surface area contributed by atoms with E-state index in [0.717, 1.165) is 73.8 Å². The minimum Gasteiger partial charge on any atom is -0.453 e. The molecule has 4 heterocycles. The Morgan fingerprint density at radius 2 is 0.733 bits per heavy atom. The summed E-state index contributed by atoms with van der Waals surface area (Å²) in [5.74, 6) is 1.67. The molecule has 5 nitrogen and oxygen atoms in total. The van der Waals surface area contributed by atoms with Crippen molar-refractivity contribution in [1.82, 2.24) is 0 Å². The summed E-state index contributed by atoms with van der Waals surface area (Å²) in [6.07, 6.45) is 0. The zero-order valence-electron chi connectivity index (χ0n) is 32.5. The topological polar surface area (TPSA) is 22.2 Å². The van der Waals surface area contributed by atoms with Gasteiger partial charge in [0, 0.05) is 63.1 Å². The molecular weight excluding hydrogens is 731 g/mol. The van der Waals surface area contributed by atoms with Crippen molar-refractivity contribution in [3.63, 3.8) is 0 Å². The third kappa shape index (κ3) is 4.70. The summed E-state index contributed by atoms with van der Waals surface area (Å²) in [6.45, 7) is -0.0563. The Morgan fingerprint density at radius 3 is 1.13 bits per heavy atom. The van der Waals surface area contributed by atoms with Gasteiger partial charge in [-0.1, -0.05) is 115 Å². The zero-order valence-corrected chi connectivity index (χ0v) is 32.5. The molecule has 0 fully saturated rings. The molecule has 6 heteroatoms. The van der Waals surface area contributed by atoms with Crippen molar-refractivity contribution in [3.05, 3.63) is 212 Å². The third-order valence-electron chi connectivity index (χ3n) is 12.4. The number of nitrogens with zero attached hydrogens (tertiary/aromatic N) is 4. The van der Waals surface area contributed by atoms with Crippen LogP contribution < -0.4 is 35.2 Å². The first-order chi connectivity index (χ1) is 29.8. The van der Waals surface area contributed by atoms with Crippen LogP contribution in [0, 0.1) is 0 Å². The van der Waals surface area contributed by atoms with Crippen LogP contribution in [0.3, 0.4) is 0 Å². The first kappa shape index (κ1) is 33.1. The molecule has 0 radical (unpaired) electrons. The van der Waals surface area contributed by atoms with Crippen molar-refractivity contribution >= 4 is 80.3 Å². The Labute approximate surface area is 349 Å². The minimum absolute atomic E-state index is 0.0563. The monoisotopic (exact) mass is 766 g/mol. The average Bonchev–Trinajstić information content (AvgIpc) is 3.31. The van der Waals surface area contributed by atoms with Gasteiger partial charge in [0.25, 0.3) is 0 Å². The second kappa shape index (κ2) is 12.8. The van der Waals surface area contributed by atoms with Gasteiger partial charge in [0.1, 0.15) is 0 Å². The maximum atomic E-state index is 7.37. The standard InChI is InChI=1S/C54H35BN4O/c1-6-18-36(19-7-1)56(37-20-8-2-9-21-37)41-32-45-43-28-16-30-47-51(43)55-52-44(29-17-31-48(52)58(47)40-26-14-5-15-27-40)46-33-42(35-50-54(46)59(55)53(45)49(34-41)60-50)57(38-22-10-3-11-23-38)39-24-12-4-13-25-39/h1-35H. The van der Waals surface area contributed by atoms with Crippen molar-refractivity contribution in [2.45, 2.75) is 0 Å². The van der Waals surface area contributed by atoms with Gasteiger partial charge < -0.3 is 24.2 Å². The number of hydrogen-bond acceptors (Lipinski definition) is 5. The highest BCUT2D eigenvalue weighted by molar-refractivity contribution is 6.95. The predicted octanol–water partition coefficient (Wildman–Crippen LogP) is 13.4. The zero-order chi connectivity index (χ0) is 39.3. The number of fused-ring (bicyclic) bond motifs is 2. The number of para-hydroxylation sites is 5. The molecule has 280 valence electrons. The number of rotatable bonds is 7. The molecule has 13 rings (SSSR count). The van der Waals surface area contributed by atoms with E-state index < -0.39 is 0 Å². The SMILES string of the molecule is c1ccc(N(c2ccccc2)c2cc3c4c(c2)-c2cccc5c2B2c6c(cccc6N5c5ccccc5)-c5cc(N(c6ccccc6)c6ccccc6)cc(c5N24)O3)cc1. The van der Waals surface area contributed by atoms with Crippen LogP contribution >= 0.6 is 0 Å². The highest BCUT2D eigenvalue weighted by atomic mass is 16.5. The summed E-state index contributed by atoms with van der Waals surface area (Å²) >= 11 is 0. The number of benzene rings is 9. The summed E-state index contributed by atoms with van der Waals surface area (Å²) < 4.78 is 7.37. The van der Waals surface area contributed by atoms with Crippen LogP contribution in [0.4, 0.5) is 62.6 Å². The van der Waals surface area contributed by atoms with E-state index in [1.807, 2.05) is 0 Å². The molecular formula is C54H35BN4O. The van der Waals surface area contributed by atoms with Crippen molar-refractivity contribution < 1.29 is 4.74 Å². The molecule has 0 spiro atoms. The number of anilines is 11. The maximum absolute atomic E-state index is 7.37. The summed E-state index contributed by atoms with van der Waals surface area (Å²) in [4.78, 5) is 9.76. The Balaban J connectivity index is 1.13. The largest absolute Gasteiger partial charge is 0.453 e. The van der Waals surface area contributed by atoms with Gasteiger partial charge in [-0.15, -0.1) is 0 Å². The molecule has 0 saturated heterocycles. The smallest absolute Gasteiger partial charge is 0.333 e. The lowest BCUT2D eigenvalue weighted by molar-refractivity contribution is 0.478. The fourth-order valence-electron chi connectivity index (χ4n) is 10.1. The van der Waals surface area contributed by atoms with Crippen LogP contribution in [-0.4, -0.2) is 6.85 Å². The van der Waals surface area contributed by atoms with Crippen LogP contribution in [0.25, 0.3) is 22.3 Å². The van der Waals surface area contributed by atoms with Crippen LogP contribution in [-0.2, 0) is 0 Å². The van der Waals surface area contributed by atoms with E-state index in [1.54, 1.807) is 0 Å². The highest BCUT2D eigenvalue weighted by Crippen LogP contribution is 2.62. The number of hydrogen-bond donors (Lipinski definition) is 0. The summed E-state index contributed by atoms with van der Waals surface area (Å²) in [6, 6.07) is 76.3. The lowest BCUT2D eigenvalue weighted by Gasteiger charge is -2.51. The van der Waals surface area contributed by atoms with E-state index in [2.05, 4.69) is 232 Å². The second-order valence-electron chi connectivity index (χ2n) is 15.7. The van der Waals surface area contributed by atoms with Gasteiger partial charge in [0.15, 0.2) is 11.5 Å². The van der Waals surface area contributed by atoms with Gasteiger partial charge in [0.2, 0.25) is 0 Å². The fourth-order valence-corrected chi connectivity index (χ4v) is 10.1. The first-order valence-corrected chi connectivity index (χ1v) is 20.6. The van der Waals surface area contributed by atoms with Crippen molar-refractivity contribution in [2.24, 2.45) is 0 Å². The molecule has 0 aromatic heterocycles. The normalized spacial score (nSPS) is 13.0. The van der Waals surface area contributed by atoms with Gasteiger partial charge in [0.05, 0.1) is 22.7 Å². The Hall–Kier alpha value is -7.96. The average molecular weight is 767 g/mol. The molecule has 0 amide bonds. The van der Waals surface area contributed by atoms with E-state index >= 15 is 0 Å². The van der Waals surface area contributed by atoms with E-state index in [0.29, 0.717) is 0 Å². The molecule has 0 atom stereocenters. The molecule has 4 aliphatic rings. The molecule has 60 heavy (non-hydrogen) atoms. The maximum Gasteiger partial charge on any atom is 0.333 e. The fraction of sp³-hybridized carbons (Fsp3) is 0. The summed E-state index contributed by atoms with van der Waals surface area (Å²) in [7, 11) is 0. The third-order valence-corrected chi connectivity index (χ3v) is 12.4. The first-order valence-electron chi connectivity index (χ1n) is 20.6. The highest BCUT2D eigenvalue weighted by Gasteiger charge is 2.52. The summed E-state index contributed by atoms with van der Waals surface area (Å²) in [5, 5.41) is 0.